The number of imidazole rings is 1. The predicted octanol–water partition coefficient (Wildman–Crippen LogP) is 3.23. The molecule has 19 heavy (non-hydrogen) atoms. The van der Waals surface area contributed by atoms with Crippen LogP contribution in [0.2, 0.25) is 5.02 Å². The summed E-state index contributed by atoms with van der Waals surface area (Å²) in [6, 6.07) is 9.60. The molecule has 96 valence electrons. The van der Waals surface area contributed by atoms with Crippen molar-refractivity contribution in [2.75, 3.05) is 5.32 Å². The van der Waals surface area contributed by atoms with E-state index in [0.29, 0.717) is 6.54 Å². The number of fused-ring (bicyclic) bond motifs is 1. The average molecular weight is 273 g/mol. The van der Waals surface area contributed by atoms with Gasteiger partial charge in [-0.05, 0) is 30.3 Å². The van der Waals surface area contributed by atoms with Crippen LogP contribution in [-0.4, -0.2) is 14.5 Å². The van der Waals surface area contributed by atoms with E-state index in [1.165, 1.54) is 0 Å². The second-order valence-corrected chi connectivity index (χ2v) is 4.75. The molecule has 5 heteroatoms. The molecule has 0 bridgehead atoms. The molecule has 3 rings (SSSR count). The molecule has 0 fully saturated rings. The van der Waals surface area contributed by atoms with Crippen LogP contribution in [0.25, 0.3) is 11.0 Å². The Morgan fingerprint density at radius 2 is 2.00 bits per heavy atom. The van der Waals surface area contributed by atoms with E-state index in [0.717, 1.165) is 27.6 Å². The number of rotatable bonds is 3. The lowest BCUT2D eigenvalue weighted by Gasteiger charge is -2.06. The number of hydrogen-bond acceptors (Lipinski definition) is 3. The van der Waals surface area contributed by atoms with Crippen LogP contribution < -0.4 is 5.32 Å². The summed E-state index contributed by atoms with van der Waals surface area (Å²) in [6.45, 7) is 0.660. The summed E-state index contributed by atoms with van der Waals surface area (Å²) >= 11 is 5.86. The third kappa shape index (κ3) is 2.39. The summed E-state index contributed by atoms with van der Waals surface area (Å²) in [5.41, 5.74) is 3.02. The van der Waals surface area contributed by atoms with E-state index < -0.39 is 0 Å². The van der Waals surface area contributed by atoms with Crippen LogP contribution >= 0.6 is 11.6 Å². The van der Waals surface area contributed by atoms with Gasteiger partial charge in [0.15, 0.2) is 0 Å². The third-order valence-electron chi connectivity index (χ3n) is 3.07. The first kappa shape index (κ1) is 12.0. The van der Waals surface area contributed by atoms with E-state index in [4.69, 9.17) is 11.6 Å². The fraction of sp³-hybridized carbons (Fsp3) is 0.143. The summed E-state index contributed by atoms with van der Waals surface area (Å²) < 4.78 is 2.07. The van der Waals surface area contributed by atoms with Crippen molar-refractivity contribution in [1.29, 1.82) is 0 Å². The normalized spacial score (nSPS) is 10.8. The maximum absolute atomic E-state index is 5.86. The molecule has 0 aliphatic heterocycles. The van der Waals surface area contributed by atoms with Gasteiger partial charge in [-0.2, -0.15) is 0 Å². The molecule has 1 N–H and O–H groups in total. The van der Waals surface area contributed by atoms with Gasteiger partial charge in [-0.15, -0.1) is 0 Å². The molecule has 2 aromatic heterocycles. The molecule has 0 atom stereocenters. The van der Waals surface area contributed by atoms with Gasteiger partial charge in [0, 0.05) is 24.0 Å². The van der Waals surface area contributed by atoms with E-state index in [9.17, 15) is 0 Å². The smallest absolute Gasteiger partial charge is 0.129 e. The molecule has 0 amide bonds. The fourth-order valence-electron chi connectivity index (χ4n) is 2.01. The number of benzene rings is 1. The highest BCUT2D eigenvalue weighted by molar-refractivity contribution is 6.30. The molecule has 3 aromatic rings. The summed E-state index contributed by atoms with van der Waals surface area (Å²) in [5, 5.41) is 4.06. The molecule has 0 radical (unpaired) electrons. The van der Waals surface area contributed by atoms with Crippen LogP contribution in [0, 0.1) is 0 Å². The lowest BCUT2D eigenvalue weighted by molar-refractivity contribution is 0.834. The number of nitrogens with one attached hydrogen (secondary N) is 1. The number of nitrogens with zero attached hydrogens (tertiary/aromatic N) is 3. The summed E-state index contributed by atoms with van der Waals surface area (Å²) in [4.78, 5) is 8.64. The van der Waals surface area contributed by atoms with Gasteiger partial charge in [0.25, 0.3) is 0 Å². The minimum Gasteiger partial charge on any atom is -0.378 e. The number of hydrogen-bond donors (Lipinski definition) is 1. The van der Waals surface area contributed by atoms with Crippen LogP contribution in [0.1, 0.15) is 5.82 Å². The standard InChI is InChI=1S/C14H13ClN4/c1-19-13-6-7-16-8-12(13)18-14(19)9-17-11-4-2-10(15)3-5-11/h2-8,17H,9H2,1H3. The van der Waals surface area contributed by atoms with Gasteiger partial charge in [0.2, 0.25) is 0 Å². The summed E-state index contributed by atoms with van der Waals surface area (Å²) in [6.07, 6.45) is 3.56. The summed E-state index contributed by atoms with van der Waals surface area (Å²) in [5.74, 6) is 0.970. The van der Waals surface area contributed by atoms with Crippen LogP contribution in [0.5, 0.6) is 0 Å². The molecule has 2 heterocycles. The zero-order valence-corrected chi connectivity index (χ0v) is 11.2. The molecular formula is C14H13ClN4. The van der Waals surface area contributed by atoms with E-state index in [-0.39, 0.29) is 0 Å². The Labute approximate surface area is 116 Å². The first-order valence-electron chi connectivity index (χ1n) is 5.99. The van der Waals surface area contributed by atoms with Gasteiger partial charge in [0.05, 0.1) is 18.3 Å². The van der Waals surface area contributed by atoms with Crippen molar-refractivity contribution in [2.24, 2.45) is 7.05 Å². The van der Waals surface area contributed by atoms with Crippen LogP contribution in [0.4, 0.5) is 5.69 Å². The number of anilines is 1. The first-order chi connectivity index (χ1) is 9.24. The first-order valence-corrected chi connectivity index (χ1v) is 6.36. The molecule has 1 aromatic carbocycles. The van der Waals surface area contributed by atoms with Gasteiger partial charge in [-0.1, -0.05) is 11.6 Å². The monoisotopic (exact) mass is 272 g/mol. The minimum absolute atomic E-state index is 0.660. The van der Waals surface area contributed by atoms with Crippen molar-refractivity contribution in [1.82, 2.24) is 14.5 Å². The molecule has 0 unspecified atom stereocenters. The highest BCUT2D eigenvalue weighted by Gasteiger charge is 2.06. The maximum atomic E-state index is 5.86. The minimum atomic E-state index is 0.660. The predicted molar refractivity (Wildman–Crippen MR) is 77.3 cm³/mol. The third-order valence-corrected chi connectivity index (χ3v) is 3.32. The Kier molecular flexibility index (Phi) is 3.09. The molecule has 4 nitrogen and oxygen atoms in total. The Hall–Kier alpha value is -2.07. The van der Waals surface area contributed by atoms with Gasteiger partial charge < -0.3 is 9.88 Å². The SMILES string of the molecule is Cn1c(CNc2ccc(Cl)cc2)nc2cnccc21. The van der Waals surface area contributed by atoms with Crippen molar-refractivity contribution in [3.8, 4) is 0 Å². The highest BCUT2D eigenvalue weighted by atomic mass is 35.5. The quantitative estimate of drug-likeness (QED) is 0.796. The van der Waals surface area contributed by atoms with Crippen molar-refractivity contribution < 1.29 is 0 Å². The second kappa shape index (κ2) is 4.90. The number of aryl methyl sites for hydroxylation is 1. The Bertz CT molecular complexity index is 703. The van der Waals surface area contributed by atoms with Gasteiger partial charge in [-0.25, -0.2) is 4.98 Å². The molecular weight excluding hydrogens is 260 g/mol. The molecule has 0 saturated carbocycles. The summed E-state index contributed by atoms with van der Waals surface area (Å²) in [7, 11) is 2.01. The van der Waals surface area contributed by atoms with Crippen molar-refractivity contribution >= 4 is 28.3 Å². The second-order valence-electron chi connectivity index (χ2n) is 4.31. The molecule has 0 spiro atoms. The fourth-order valence-corrected chi connectivity index (χ4v) is 2.13. The van der Waals surface area contributed by atoms with Crippen molar-refractivity contribution in [3.63, 3.8) is 0 Å². The maximum Gasteiger partial charge on any atom is 0.129 e. The molecule has 0 aliphatic rings. The number of pyridine rings is 1. The van der Waals surface area contributed by atoms with Gasteiger partial charge in [0.1, 0.15) is 11.3 Å². The zero-order valence-electron chi connectivity index (χ0n) is 10.5. The van der Waals surface area contributed by atoms with E-state index in [2.05, 4.69) is 19.9 Å². The Morgan fingerprint density at radius 3 is 2.74 bits per heavy atom. The van der Waals surface area contributed by atoms with Crippen LogP contribution in [-0.2, 0) is 13.6 Å². The molecule has 0 saturated heterocycles. The van der Waals surface area contributed by atoms with E-state index in [1.807, 2.05) is 37.4 Å². The van der Waals surface area contributed by atoms with Gasteiger partial charge >= 0.3 is 0 Å². The lowest BCUT2D eigenvalue weighted by atomic mass is 10.3. The van der Waals surface area contributed by atoms with Crippen molar-refractivity contribution in [3.05, 3.63) is 53.6 Å². The lowest BCUT2D eigenvalue weighted by Crippen LogP contribution is -2.05. The Morgan fingerprint density at radius 1 is 1.21 bits per heavy atom. The Balaban J connectivity index is 1.82. The average Bonchev–Trinajstić information content (AvgIpc) is 2.76. The highest BCUT2D eigenvalue weighted by Crippen LogP contribution is 2.16. The van der Waals surface area contributed by atoms with Crippen LogP contribution in [0.15, 0.2) is 42.7 Å². The van der Waals surface area contributed by atoms with E-state index >= 15 is 0 Å². The zero-order chi connectivity index (χ0) is 13.2. The largest absolute Gasteiger partial charge is 0.378 e. The number of halogens is 1. The van der Waals surface area contributed by atoms with Gasteiger partial charge in [-0.3, -0.25) is 4.98 Å². The molecule has 0 aliphatic carbocycles. The van der Waals surface area contributed by atoms with Crippen LogP contribution in [0.3, 0.4) is 0 Å². The van der Waals surface area contributed by atoms with Crippen molar-refractivity contribution in [2.45, 2.75) is 6.54 Å². The topological polar surface area (TPSA) is 42.7 Å². The van der Waals surface area contributed by atoms with E-state index in [1.54, 1.807) is 12.4 Å². The number of aromatic nitrogens is 3.